The lowest BCUT2D eigenvalue weighted by Gasteiger charge is -2.13. The van der Waals surface area contributed by atoms with E-state index in [0.717, 1.165) is 18.4 Å². The molecule has 0 saturated heterocycles. The smallest absolute Gasteiger partial charge is 0.328 e. The zero-order chi connectivity index (χ0) is 19.9. The Labute approximate surface area is 165 Å². The summed E-state index contributed by atoms with van der Waals surface area (Å²) >= 11 is 0. The third-order valence-corrected chi connectivity index (χ3v) is 4.76. The topological polar surface area (TPSA) is 55.4 Å². The predicted molar refractivity (Wildman–Crippen MR) is 111 cm³/mol. The quantitative estimate of drug-likeness (QED) is 0.341. The number of esters is 1. The van der Waals surface area contributed by atoms with E-state index in [1.807, 2.05) is 19.1 Å². The number of nitrogens with one attached hydrogen (secondary N) is 1. The number of aryl methyl sites for hydroxylation is 1. The van der Waals surface area contributed by atoms with E-state index >= 15 is 0 Å². The average Bonchev–Trinajstić information content (AvgIpc) is 2.66. The Balaban J connectivity index is 2.05. The number of rotatable bonds is 14. The molecule has 1 N–H and O–H groups in total. The van der Waals surface area contributed by atoms with E-state index in [4.69, 9.17) is 4.74 Å². The highest BCUT2D eigenvalue weighted by molar-refractivity contribution is 5.96. The van der Waals surface area contributed by atoms with Crippen molar-refractivity contribution in [2.24, 2.45) is 0 Å². The van der Waals surface area contributed by atoms with Gasteiger partial charge in [-0.3, -0.25) is 4.79 Å². The monoisotopic (exact) mass is 375 g/mol. The van der Waals surface area contributed by atoms with Gasteiger partial charge in [-0.15, -0.1) is 0 Å². The highest BCUT2D eigenvalue weighted by Gasteiger charge is 2.17. The molecule has 4 heteroatoms. The number of amides is 1. The second kappa shape index (κ2) is 14.2. The molecule has 152 valence electrons. The molecular weight excluding hydrogens is 338 g/mol. The Morgan fingerprint density at radius 2 is 1.41 bits per heavy atom. The van der Waals surface area contributed by atoms with Crippen LogP contribution in [-0.4, -0.2) is 24.5 Å². The summed E-state index contributed by atoms with van der Waals surface area (Å²) in [4.78, 5) is 24.1. The van der Waals surface area contributed by atoms with Crippen LogP contribution < -0.4 is 5.32 Å². The highest BCUT2D eigenvalue weighted by Crippen LogP contribution is 2.10. The standard InChI is InChI=1S/C23H37NO3/c1-4-5-6-7-8-9-10-11-12-13-18-27-23(26)20(3)24-22(25)21-16-14-19(2)15-17-21/h14-17,20H,4-13,18H2,1-3H3,(H,24,25)/t20-/m0/s1. The maximum Gasteiger partial charge on any atom is 0.328 e. The van der Waals surface area contributed by atoms with Crippen LogP contribution in [0.1, 0.15) is 94.0 Å². The van der Waals surface area contributed by atoms with Crippen LogP contribution in [0, 0.1) is 6.92 Å². The van der Waals surface area contributed by atoms with Gasteiger partial charge in [0.05, 0.1) is 6.61 Å². The summed E-state index contributed by atoms with van der Waals surface area (Å²) in [6.07, 6.45) is 12.5. The van der Waals surface area contributed by atoms with Crippen molar-refractivity contribution >= 4 is 11.9 Å². The first-order valence-electron chi connectivity index (χ1n) is 10.6. The van der Waals surface area contributed by atoms with E-state index in [1.165, 1.54) is 51.4 Å². The number of unbranched alkanes of at least 4 members (excludes halogenated alkanes) is 9. The van der Waals surface area contributed by atoms with Crippen molar-refractivity contribution in [1.82, 2.24) is 5.32 Å². The molecule has 0 aromatic heterocycles. The van der Waals surface area contributed by atoms with Gasteiger partial charge in [0.2, 0.25) is 0 Å². The summed E-state index contributed by atoms with van der Waals surface area (Å²) in [6, 6.07) is 6.63. The molecule has 0 spiro atoms. The lowest BCUT2D eigenvalue weighted by molar-refractivity contribution is -0.145. The Bertz CT molecular complexity index is 539. The molecule has 0 saturated carbocycles. The fourth-order valence-corrected chi connectivity index (χ4v) is 2.93. The number of ether oxygens (including phenoxy) is 1. The molecule has 1 aromatic carbocycles. The van der Waals surface area contributed by atoms with Crippen molar-refractivity contribution in [2.75, 3.05) is 6.61 Å². The number of hydrogen-bond donors (Lipinski definition) is 1. The summed E-state index contributed by atoms with van der Waals surface area (Å²) in [6.45, 7) is 6.30. The van der Waals surface area contributed by atoms with Crippen LogP contribution >= 0.6 is 0 Å². The van der Waals surface area contributed by atoms with Gasteiger partial charge < -0.3 is 10.1 Å². The van der Waals surface area contributed by atoms with Crippen LogP contribution in [0.4, 0.5) is 0 Å². The molecule has 0 aliphatic heterocycles. The van der Waals surface area contributed by atoms with Crippen LogP contribution in [0.5, 0.6) is 0 Å². The molecule has 27 heavy (non-hydrogen) atoms. The molecule has 0 fully saturated rings. The molecule has 0 heterocycles. The van der Waals surface area contributed by atoms with Crippen molar-refractivity contribution in [2.45, 2.75) is 91.0 Å². The third kappa shape index (κ3) is 10.8. The molecule has 1 amide bonds. The minimum Gasteiger partial charge on any atom is -0.464 e. The summed E-state index contributed by atoms with van der Waals surface area (Å²) in [7, 11) is 0. The van der Waals surface area contributed by atoms with Gasteiger partial charge in [0.1, 0.15) is 6.04 Å². The van der Waals surface area contributed by atoms with Gasteiger partial charge in [-0.1, -0.05) is 82.4 Å². The molecule has 0 aliphatic rings. The highest BCUT2D eigenvalue weighted by atomic mass is 16.5. The van der Waals surface area contributed by atoms with Crippen LogP contribution in [0.3, 0.4) is 0 Å². The van der Waals surface area contributed by atoms with Gasteiger partial charge in [0.15, 0.2) is 0 Å². The minimum absolute atomic E-state index is 0.251. The van der Waals surface area contributed by atoms with Gasteiger partial charge in [-0.05, 0) is 32.4 Å². The lowest BCUT2D eigenvalue weighted by atomic mass is 10.1. The van der Waals surface area contributed by atoms with E-state index in [2.05, 4.69) is 12.2 Å². The zero-order valence-corrected chi connectivity index (χ0v) is 17.4. The normalized spacial score (nSPS) is 11.8. The first kappa shape index (κ1) is 23.2. The molecule has 1 aromatic rings. The number of hydrogen-bond acceptors (Lipinski definition) is 3. The van der Waals surface area contributed by atoms with E-state index in [1.54, 1.807) is 19.1 Å². The fraction of sp³-hybridized carbons (Fsp3) is 0.652. The minimum atomic E-state index is -0.637. The van der Waals surface area contributed by atoms with Crippen LogP contribution in [-0.2, 0) is 9.53 Å². The van der Waals surface area contributed by atoms with Crippen LogP contribution in [0.25, 0.3) is 0 Å². The summed E-state index contributed by atoms with van der Waals surface area (Å²) in [5.41, 5.74) is 1.64. The van der Waals surface area contributed by atoms with Gasteiger partial charge in [0, 0.05) is 5.56 Å². The first-order valence-corrected chi connectivity index (χ1v) is 10.6. The van der Waals surface area contributed by atoms with Crippen molar-refractivity contribution < 1.29 is 14.3 Å². The van der Waals surface area contributed by atoms with Gasteiger partial charge in [0.25, 0.3) is 5.91 Å². The number of carbonyl (C=O) groups is 2. The zero-order valence-electron chi connectivity index (χ0n) is 17.4. The fourth-order valence-electron chi connectivity index (χ4n) is 2.93. The van der Waals surface area contributed by atoms with E-state index < -0.39 is 6.04 Å². The average molecular weight is 376 g/mol. The molecule has 0 bridgehead atoms. The SMILES string of the molecule is CCCCCCCCCCCCOC(=O)[C@H](C)NC(=O)c1ccc(C)cc1. The van der Waals surface area contributed by atoms with Crippen molar-refractivity contribution in [3.8, 4) is 0 Å². The largest absolute Gasteiger partial charge is 0.464 e. The maximum absolute atomic E-state index is 12.1. The Morgan fingerprint density at radius 3 is 1.96 bits per heavy atom. The van der Waals surface area contributed by atoms with Crippen molar-refractivity contribution in [3.05, 3.63) is 35.4 Å². The van der Waals surface area contributed by atoms with Gasteiger partial charge >= 0.3 is 5.97 Å². The summed E-state index contributed by atoms with van der Waals surface area (Å²) in [5.74, 6) is -0.621. The lowest BCUT2D eigenvalue weighted by Crippen LogP contribution is -2.39. The van der Waals surface area contributed by atoms with Crippen molar-refractivity contribution in [3.63, 3.8) is 0 Å². The first-order chi connectivity index (χ1) is 13.0. The predicted octanol–water partition coefficient (Wildman–Crippen LogP) is 5.58. The second-order valence-corrected chi connectivity index (χ2v) is 7.41. The number of carbonyl (C=O) groups excluding carboxylic acids is 2. The van der Waals surface area contributed by atoms with Crippen molar-refractivity contribution in [1.29, 1.82) is 0 Å². The van der Waals surface area contributed by atoms with E-state index in [-0.39, 0.29) is 11.9 Å². The Kier molecular flexibility index (Phi) is 12.2. The second-order valence-electron chi connectivity index (χ2n) is 7.41. The molecular formula is C23H37NO3. The molecule has 1 atom stereocenters. The van der Waals surface area contributed by atoms with E-state index in [9.17, 15) is 9.59 Å². The Morgan fingerprint density at radius 1 is 0.889 bits per heavy atom. The number of benzene rings is 1. The van der Waals surface area contributed by atoms with Gasteiger partial charge in [-0.2, -0.15) is 0 Å². The molecule has 4 nitrogen and oxygen atoms in total. The summed E-state index contributed by atoms with van der Waals surface area (Å²) < 4.78 is 5.28. The molecule has 1 rings (SSSR count). The maximum atomic E-state index is 12.1. The van der Waals surface area contributed by atoms with Crippen LogP contribution in [0.15, 0.2) is 24.3 Å². The molecule has 0 radical (unpaired) electrons. The van der Waals surface area contributed by atoms with Crippen LogP contribution in [0.2, 0.25) is 0 Å². The molecule has 0 unspecified atom stereocenters. The van der Waals surface area contributed by atoms with Gasteiger partial charge in [-0.25, -0.2) is 4.79 Å². The summed E-state index contributed by atoms with van der Waals surface area (Å²) in [5, 5.41) is 2.69. The molecule has 0 aliphatic carbocycles. The van der Waals surface area contributed by atoms with E-state index in [0.29, 0.717) is 12.2 Å². The Hall–Kier alpha value is -1.84. The third-order valence-electron chi connectivity index (χ3n) is 4.76.